The zero-order valence-electron chi connectivity index (χ0n) is 11.5. The van der Waals surface area contributed by atoms with Crippen LogP contribution in [0.1, 0.15) is 18.2 Å². The van der Waals surface area contributed by atoms with Gasteiger partial charge in [-0.25, -0.2) is 8.78 Å². The number of nitrogens with one attached hydrogen (secondary N) is 1. The first kappa shape index (κ1) is 13.5. The van der Waals surface area contributed by atoms with Crippen LogP contribution in [0.25, 0.3) is 10.9 Å². The lowest BCUT2D eigenvalue weighted by Gasteiger charge is -2.08. The number of fused-ring (bicyclic) bond motifs is 1. The summed E-state index contributed by atoms with van der Waals surface area (Å²) in [6, 6.07) is 9.87. The monoisotopic (exact) mass is 288 g/mol. The van der Waals surface area contributed by atoms with Crippen molar-refractivity contribution in [2.75, 3.05) is 6.61 Å². The molecule has 3 nitrogen and oxygen atoms in total. The Hall–Kier alpha value is -2.43. The van der Waals surface area contributed by atoms with Crippen LogP contribution < -0.4 is 4.74 Å². The molecule has 0 aliphatic heterocycles. The fraction of sp³-hybridized carbons (Fsp3) is 0.188. The third kappa shape index (κ3) is 2.59. The van der Waals surface area contributed by atoms with Crippen molar-refractivity contribution in [3.63, 3.8) is 0 Å². The van der Waals surface area contributed by atoms with Crippen molar-refractivity contribution in [2.24, 2.45) is 0 Å². The second-order valence-electron chi connectivity index (χ2n) is 4.69. The molecular formula is C16H14F2N2O. The van der Waals surface area contributed by atoms with Gasteiger partial charge in [-0.3, -0.25) is 5.10 Å². The van der Waals surface area contributed by atoms with Gasteiger partial charge in [0.1, 0.15) is 17.4 Å². The Balaban J connectivity index is 1.98. The van der Waals surface area contributed by atoms with E-state index in [2.05, 4.69) is 10.2 Å². The number of ether oxygens (including phenoxy) is 1. The molecule has 0 saturated heterocycles. The van der Waals surface area contributed by atoms with Crippen molar-refractivity contribution in [3.8, 4) is 5.75 Å². The summed E-state index contributed by atoms with van der Waals surface area (Å²) in [5.74, 6) is -1.03. The van der Waals surface area contributed by atoms with Crippen molar-refractivity contribution in [1.29, 1.82) is 0 Å². The summed E-state index contributed by atoms with van der Waals surface area (Å²) in [4.78, 5) is 0. The maximum Gasteiger partial charge on any atom is 0.133 e. The van der Waals surface area contributed by atoms with Gasteiger partial charge in [0.25, 0.3) is 0 Å². The van der Waals surface area contributed by atoms with Gasteiger partial charge in [-0.1, -0.05) is 18.2 Å². The topological polar surface area (TPSA) is 37.9 Å². The Bertz CT molecular complexity index is 760. The van der Waals surface area contributed by atoms with Crippen LogP contribution in [-0.2, 0) is 6.42 Å². The molecule has 1 N–H and O–H groups in total. The number of hydrogen-bond acceptors (Lipinski definition) is 2. The molecule has 0 spiro atoms. The van der Waals surface area contributed by atoms with Crippen molar-refractivity contribution < 1.29 is 13.5 Å². The van der Waals surface area contributed by atoms with E-state index in [4.69, 9.17) is 4.74 Å². The molecule has 21 heavy (non-hydrogen) atoms. The lowest BCUT2D eigenvalue weighted by molar-refractivity contribution is 0.335. The summed E-state index contributed by atoms with van der Waals surface area (Å²) in [5, 5.41) is 7.83. The quantitative estimate of drug-likeness (QED) is 0.792. The summed E-state index contributed by atoms with van der Waals surface area (Å²) in [6.07, 6.45) is 0.116. The zero-order valence-corrected chi connectivity index (χ0v) is 11.5. The Kier molecular flexibility index (Phi) is 3.56. The van der Waals surface area contributed by atoms with Crippen molar-refractivity contribution in [3.05, 3.63) is 59.3 Å². The van der Waals surface area contributed by atoms with Crippen LogP contribution in [0.15, 0.2) is 36.4 Å². The van der Waals surface area contributed by atoms with Gasteiger partial charge in [-0.05, 0) is 13.0 Å². The number of H-pyrrole nitrogens is 1. The Labute approximate surface area is 120 Å². The number of nitrogens with zero attached hydrogens (tertiary/aromatic N) is 1. The van der Waals surface area contributed by atoms with E-state index in [1.807, 2.05) is 24.3 Å². The third-order valence-electron chi connectivity index (χ3n) is 3.32. The molecular weight excluding hydrogens is 274 g/mol. The molecule has 1 aromatic heterocycles. The molecule has 0 aliphatic carbocycles. The van der Waals surface area contributed by atoms with Crippen LogP contribution >= 0.6 is 0 Å². The summed E-state index contributed by atoms with van der Waals surface area (Å²) < 4.78 is 33.3. The van der Waals surface area contributed by atoms with Crippen LogP contribution in [0.5, 0.6) is 5.75 Å². The van der Waals surface area contributed by atoms with Crippen LogP contribution in [0, 0.1) is 11.6 Å². The SMILES string of the molecule is CCOc1cc(F)c(Cc2[nH]nc3ccccc23)c(F)c1. The number of benzene rings is 2. The summed E-state index contributed by atoms with van der Waals surface area (Å²) in [7, 11) is 0. The average molecular weight is 288 g/mol. The predicted octanol–water partition coefficient (Wildman–Crippen LogP) is 3.83. The molecule has 108 valence electrons. The normalized spacial score (nSPS) is 11.0. The van der Waals surface area contributed by atoms with E-state index in [-0.39, 0.29) is 17.7 Å². The fourth-order valence-corrected chi connectivity index (χ4v) is 2.32. The maximum absolute atomic E-state index is 14.1. The molecule has 0 atom stereocenters. The minimum Gasteiger partial charge on any atom is -0.494 e. The number of para-hydroxylation sites is 1. The van der Waals surface area contributed by atoms with Gasteiger partial charge in [0.05, 0.1) is 12.1 Å². The molecule has 3 aromatic rings. The van der Waals surface area contributed by atoms with Gasteiger partial charge in [0.15, 0.2) is 0 Å². The molecule has 0 saturated carbocycles. The van der Waals surface area contributed by atoms with Crippen molar-refractivity contribution in [1.82, 2.24) is 10.2 Å². The molecule has 0 unspecified atom stereocenters. The van der Waals surface area contributed by atoms with Gasteiger partial charge >= 0.3 is 0 Å². The van der Waals surface area contributed by atoms with Gasteiger partial charge in [-0.15, -0.1) is 0 Å². The highest BCUT2D eigenvalue weighted by molar-refractivity contribution is 5.81. The van der Waals surface area contributed by atoms with E-state index in [0.717, 1.165) is 10.9 Å². The smallest absolute Gasteiger partial charge is 0.133 e. The summed E-state index contributed by atoms with van der Waals surface area (Å²) >= 11 is 0. The number of halogens is 2. The van der Waals surface area contributed by atoms with Crippen LogP contribution in [-0.4, -0.2) is 16.8 Å². The van der Waals surface area contributed by atoms with E-state index < -0.39 is 11.6 Å². The molecule has 3 rings (SSSR count). The van der Waals surface area contributed by atoms with E-state index in [9.17, 15) is 8.78 Å². The van der Waals surface area contributed by atoms with Gasteiger partial charge in [0, 0.05) is 35.2 Å². The van der Waals surface area contributed by atoms with Crippen LogP contribution in [0.2, 0.25) is 0 Å². The average Bonchev–Trinajstić information content (AvgIpc) is 2.86. The maximum atomic E-state index is 14.1. The lowest BCUT2D eigenvalue weighted by atomic mass is 10.1. The van der Waals surface area contributed by atoms with Crippen molar-refractivity contribution >= 4 is 10.9 Å². The number of aromatic nitrogens is 2. The largest absolute Gasteiger partial charge is 0.494 e. The lowest BCUT2D eigenvalue weighted by Crippen LogP contribution is -2.01. The summed E-state index contributed by atoms with van der Waals surface area (Å²) in [5.41, 5.74) is 1.47. The number of hydrogen-bond donors (Lipinski definition) is 1. The number of aromatic amines is 1. The van der Waals surface area contributed by atoms with Crippen LogP contribution in [0.3, 0.4) is 0 Å². The summed E-state index contributed by atoms with van der Waals surface area (Å²) in [6.45, 7) is 2.13. The molecule has 0 radical (unpaired) electrons. The Morgan fingerprint density at radius 3 is 2.57 bits per heavy atom. The minimum atomic E-state index is -0.614. The van der Waals surface area contributed by atoms with Gasteiger partial charge in [0.2, 0.25) is 0 Å². The highest BCUT2D eigenvalue weighted by atomic mass is 19.1. The molecule has 2 aromatic carbocycles. The Morgan fingerprint density at radius 2 is 1.86 bits per heavy atom. The van der Waals surface area contributed by atoms with E-state index in [1.54, 1.807) is 6.92 Å². The fourth-order valence-electron chi connectivity index (χ4n) is 2.32. The highest BCUT2D eigenvalue weighted by Crippen LogP contribution is 2.25. The van der Waals surface area contributed by atoms with Crippen molar-refractivity contribution in [2.45, 2.75) is 13.3 Å². The first-order valence-corrected chi connectivity index (χ1v) is 6.71. The van der Waals surface area contributed by atoms with E-state index in [1.165, 1.54) is 12.1 Å². The van der Waals surface area contributed by atoms with E-state index >= 15 is 0 Å². The van der Waals surface area contributed by atoms with E-state index in [0.29, 0.717) is 12.3 Å². The molecule has 0 amide bonds. The highest BCUT2D eigenvalue weighted by Gasteiger charge is 2.15. The first-order chi connectivity index (χ1) is 10.2. The first-order valence-electron chi connectivity index (χ1n) is 6.71. The molecule has 0 aliphatic rings. The molecule has 0 fully saturated rings. The molecule has 1 heterocycles. The van der Waals surface area contributed by atoms with Gasteiger partial charge < -0.3 is 4.74 Å². The molecule has 5 heteroatoms. The standard InChI is InChI=1S/C16H14F2N2O/c1-2-21-10-7-13(17)12(14(18)8-10)9-16-11-5-3-4-6-15(11)19-20-16/h3-8H,2,9H2,1H3,(H,19,20). The zero-order chi connectivity index (χ0) is 14.8. The molecule has 0 bridgehead atoms. The minimum absolute atomic E-state index is 0.00727. The number of rotatable bonds is 4. The predicted molar refractivity (Wildman–Crippen MR) is 76.4 cm³/mol. The third-order valence-corrected chi connectivity index (χ3v) is 3.32. The van der Waals surface area contributed by atoms with Gasteiger partial charge in [-0.2, -0.15) is 5.10 Å². The Morgan fingerprint density at radius 1 is 1.14 bits per heavy atom. The second-order valence-corrected chi connectivity index (χ2v) is 4.69. The van der Waals surface area contributed by atoms with Crippen LogP contribution in [0.4, 0.5) is 8.78 Å². The second kappa shape index (κ2) is 5.52.